The lowest BCUT2D eigenvalue weighted by Crippen LogP contribution is -2.30. The Kier molecular flexibility index (Phi) is 4.80. The Bertz CT molecular complexity index is 1180. The summed E-state index contributed by atoms with van der Waals surface area (Å²) in [6, 6.07) is 27.2. The van der Waals surface area contributed by atoms with Crippen LogP contribution in [0.15, 0.2) is 85.1 Å². The Hall–Kier alpha value is -3.84. The zero-order valence-electron chi connectivity index (χ0n) is 17.2. The zero-order chi connectivity index (χ0) is 21.4. The van der Waals surface area contributed by atoms with E-state index in [0.717, 1.165) is 22.4 Å². The van der Waals surface area contributed by atoms with Crippen molar-refractivity contribution in [2.24, 2.45) is 5.92 Å². The molecule has 0 amide bonds. The van der Waals surface area contributed by atoms with Gasteiger partial charge in [0.15, 0.2) is 5.78 Å². The minimum Gasteiger partial charge on any atom is -0.497 e. The lowest BCUT2D eigenvalue weighted by molar-refractivity contribution is 0.0884. The van der Waals surface area contributed by atoms with Crippen molar-refractivity contribution in [3.05, 3.63) is 107 Å². The molecule has 3 aromatic rings. The summed E-state index contributed by atoms with van der Waals surface area (Å²) in [5, 5.41) is 10.2. The summed E-state index contributed by atoms with van der Waals surface area (Å²) in [6.07, 6.45) is 4.02. The number of hydrogen-bond acceptors (Lipinski definition) is 4. The molecule has 3 aromatic carbocycles. The standard InChI is InChI=1S/C27H22N2O2/c1-31-21-13-11-19(12-14-21)24-23(17-28)29-16-15-18-7-5-6-10-22(18)26(29)25(24)27(30)20-8-3-2-4-9-20/h2-16,23-26H,1H3. The second-order valence-electron chi connectivity index (χ2n) is 7.97. The molecule has 4 heteroatoms. The van der Waals surface area contributed by atoms with E-state index in [2.05, 4.69) is 23.1 Å². The van der Waals surface area contributed by atoms with Gasteiger partial charge in [0.25, 0.3) is 0 Å². The van der Waals surface area contributed by atoms with E-state index in [1.807, 2.05) is 79.0 Å². The van der Waals surface area contributed by atoms with Gasteiger partial charge in [0.1, 0.15) is 11.8 Å². The van der Waals surface area contributed by atoms with Crippen molar-refractivity contribution >= 4 is 11.9 Å². The molecule has 152 valence electrons. The molecule has 0 aliphatic carbocycles. The molecule has 0 radical (unpaired) electrons. The molecular weight excluding hydrogens is 384 g/mol. The van der Waals surface area contributed by atoms with Crippen LogP contribution in [0.25, 0.3) is 6.08 Å². The first-order valence-corrected chi connectivity index (χ1v) is 10.4. The van der Waals surface area contributed by atoms with E-state index in [1.165, 1.54) is 0 Å². The summed E-state index contributed by atoms with van der Waals surface area (Å²) < 4.78 is 5.32. The Morgan fingerprint density at radius 3 is 2.39 bits per heavy atom. The van der Waals surface area contributed by atoms with Crippen molar-refractivity contribution in [1.29, 1.82) is 5.26 Å². The number of methoxy groups -OCH3 is 1. The van der Waals surface area contributed by atoms with Crippen molar-refractivity contribution in [3.63, 3.8) is 0 Å². The fraction of sp³-hybridized carbons (Fsp3) is 0.185. The molecule has 4 nitrogen and oxygen atoms in total. The minimum atomic E-state index is -0.444. The average Bonchev–Trinajstić information content (AvgIpc) is 3.19. The summed E-state index contributed by atoms with van der Waals surface area (Å²) >= 11 is 0. The Labute approximate surface area is 182 Å². The van der Waals surface area contributed by atoms with Crippen molar-refractivity contribution < 1.29 is 9.53 Å². The molecule has 2 aliphatic rings. The first-order valence-electron chi connectivity index (χ1n) is 10.4. The Morgan fingerprint density at radius 1 is 0.968 bits per heavy atom. The van der Waals surface area contributed by atoms with Gasteiger partial charge in [0.05, 0.1) is 25.1 Å². The molecule has 4 unspecified atom stereocenters. The molecule has 5 rings (SSSR count). The molecule has 0 aromatic heterocycles. The van der Waals surface area contributed by atoms with Crippen LogP contribution in [0.4, 0.5) is 0 Å². The normalized spacial score (nSPS) is 23.5. The van der Waals surface area contributed by atoms with Crippen LogP contribution in [0.5, 0.6) is 5.75 Å². The van der Waals surface area contributed by atoms with E-state index in [4.69, 9.17) is 4.74 Å². The number of fused-ring (bicyclic) bond motifs is 3. The number of ether oxygens (including phenoxy) is 1. The highest BCUT2D eigenvalue weighted by molar-refractivity contribution is 5.99. The predicted octanol–water partition coefficient (Wildman–Crippen LogP) is 5.21. The van der Waals surface area contributed by atoms with Gasteiger partial charge in [-0.25, -0.2) is 0 Å². The summed E-state index contributed by atoms with van der Waals surface area (Å²) in [4.78, 5) is 16.0. The molecule has 31 heavy (non-hydrogen) atoms. The van der Waals surface area contributed by atoms with E-state index in [-0.39, 0.29) is 23.7 Å². The van der Waals surface area contributed by atoms with Gasteiger partial charge in [-0.05, 0) is 34.9 Å². The number of Topliss-reactive ketones (excluding diaryl/α,β-unsaturated/α-hetero) is 1. The van der Waals surface area contributed by atoms with Crippen LogP contribution in [-0.2, 0) is 0 Å². The van der Waals surface area contributed by atoms with Crippen molar-refractivity contribution in [1.82, 2.24) is 4.90 Å². The Morgan fingerprint density at radius 2 is 1.68 bits per heavy atom. The number of rotatable bonds is 4. The number of carbonyl (C=O) groups excluding carboxylic acids is 1. The number of benzene rings is 3. The van der Waals surface area contributed by atoms with Crippen LogP contribution < -0.4 is 4.74 Å². The van der Waals surface area contributed by atoms with Gasteiger partial charge < -0.3 is 9.64 Å². The van der Waals surface area contributed by atoms with E-state index < -0.39 is 6.04 Å². The molecule has 0 bridgehead atoms. The third-order valence-corrected chi connectivity index (χ3v) is 6.44. The topological polar surface area (TPSA) is 53.3 Å². The lowest BCUT2D eigenvalue weighted by Gasteiger charge is -2.32. The molecule has 2 heterocycles. The number of nitriles is 1. The number of hydrogen-bond donors (Lipinski definition) is 0. The number of carbonyl (C=O) groups is 1. The van der Waals surface area contributed by atoms with Gasteiger partial charge in [-0.3, -0.25) is 4.79 Å². The maximum absolute atomic E-state index is 13.9. The van der Waals surface area contributed by atoms with Crippen LogP contribution in [0.2, 0.25) is 0 Å². The summed E-state index contributed by atoms with van der Waals surface area (Å²) in [7, 11) is 1.63. The molecule has 0 N–H and O–H groups in total. The van der Waals surface area contributed by atoms with Crippen LogP contribution in [0, 0.1) is 17.2 Å². The molecule has 2 aliphatic heterocycles. The van der Waals surface area contributed by atoms with Gasteiger partial charge in [0.2, 0.25) is 0 Å². The third-order valence-electron chi connectivity index (χ3n) is 6.44. The molecular formula is C27H22N2O2. The van der Waals surface area contributed by atoms with Gasteiger partial charge in [-0.2, -0.15) is 5.26 Å². The van der Waals surface area contributed by atoms with Gasteiger partial charge in [-0.1, -0.05) is 66.7 Å². The molecule has 0 saturated carbocycles. The smallest absolute Gasteiger partial charge is 0.169 e. The lowest BCUT2D eigenvalue weighted by atomic mass is 9.75. The van der Waals surface area contributed by atoms with Crippen LogP contribution >= 0.6 is 0 Å². The van der Waals surface area contributed by atoms with Crippen molar-refractivity contribution in [3.8, 4) is 11.8 Å². The molecule has 1 saturated heterocycles. The predicted molar refractivity (Wildman–Crippen MR) is 119 cm³/mol. The minimum absolute atomic E-state index is 0.0688. The monoisotopic (exact) mass is 406 g/mol. The van der Waals surface area contributed by atoms with Crippen LogP contribution in [0.3, 0.4) is 0 Å². The SMILES string of the molecule is COc1ccc(C2C(C(=O)c3ccccc3)C3c4ccccc4C=CN3C2C#N)cc1. The van der Waals surface area contributed by atoms with Crippen LogP contribution in [0.1, 0.15) is 39.0 Å². The highest BCUT2D eigenvalue weighted by atomic mass is 16.5. The molecule has 1 fully saturated rings. The summed E-state index contributed by atoms with van der Waals surface area (Å²) in [5.41, 5.74) is 3.84. The van der Waals surface area contributed by atoms with E-state index in [9.17, 15) is 10.1 Å². The Balaban J connectivity index is 1.69. The van der Waals surface area contributed by atoms with Crippen molar-refractivity contribution in [2.45, 2.75) is 18.0 Å². The first-order chi connectivity index (χ1) is 15.2. The fourth-order valence-electron chi connectivity index (χ4n) is 5.04. The average molecular weight is 406 g/mol. The largest absolute Gasteiger partial charge is 0.497 e. The third kappa shape index (κ3) is 3.10. The van der Waals surface area contributed by atoms with E-state index >= 15 is 0 Å². The second kappa shape index (κ2) is 7.77. The zero-order valence-corrected chi connectivity index (χ0v) is 17.2. The van der Waals surface area contributed by atoms with Gasteiger partial charge >= 0.3 is 0 Å². The van der Waals surface area contributed by atoms with Crippen LogP contribution in [-0.4, -0.2) is 23.8 Å². The summed E-state index contributed by atoms with van der Waals surface area (Å²) in [6.45, 7) is 0. The van der Waals surface area contributed by atoms with E-state index in [1.54, 1.807) is 7.11 Å². The maximum atomic E-state index is 13.9. The first kappa shape index (κ1) is 19.1. The van der Waals surface area contributed by atoms with Crippen molar-refractivity contribution in [2.75, 3.05) is 7.11 Å². The highest BCUT2D eigenvalue weighted by Crippen LogP contribution is 2.53. The second-order valence-corrected chi connectivity index (χ2v) is 7.97. The van der Waals surface area contributed by atoms with Gasteiger partial charge in [-0.15, -0.1) is 0 Å². The fourth-order valence-corrected chi connectivity index (χ4v) is 5.04. The number of ketones is 1. The molecule has 4 atom stereocenters. The van der Waals surface area contributed by atoms with Gasteiger partial charge in [0, 0.05) is 17.7 Å². The quantitative estimate of drug-likeness (QED) is 0.558. The number of nitrogens with zero attached hydrogens (tertiary/aromatic N) is 2. The van der Waals surface area contributed by atoms with E-state index in [0.29, 0.717) is 5.56 Å². The maximum Gasteiger partial charge on any atom is 0.169 e. The molecule has 0 spiro atoms. The highest BCUT2D eigenvalue weighted by Gasteiger charge is 2.53. The summed E-state index contributed by atoms with van der Waals surface area (Å²) in [5.74, 6) is 0.180.